The molecule has 4 rings (SSSR count). The van der Waals surface area contributed by atoms with Gasteiger partial charge in [-0.05, 0) is 79.8 Å². The first-order valence-corrected chi connectivity index (χ1v) is 11.4. The van der Waals surface area contributed by atoms with Gasteiger partial charge < -0.3 is 14.6 Å². The van der Waals surface area contributed by atoms with Crippen molar-refractivity contribution in [1.82, 2.24) is 9.13 Å². The molecule has 0 amide bonds. The fourth-order valence-corrected chi connectivity index (χ4v) is 3.96. The molecular weight excluding hydrogens is 488 g/mol. The second-order valence-corrected chi connectivity index (χ2v) is 7.98. The normalized spacial score (nSPS) is 11.1. The smallest absolute Gasteiger partial charge is 0.290 e. The molecule has 0 fully saturated rings. The lowest BCUT2D eigenvalue weighted by molar-refractivity contribution is 0.340. The fourth-order valence-electron chi connectivity index (χ4n) is 3.37. The van der Waals surface area contributed by atoms with Crippen LogP contribution in [0.3, 0.4) is 0 Å². The molecule has 1 N–H and O–H groups in total. The number of benzene rings is 3. The molecular formula is C25H21ClN4O4S. The maximum absolute atomic E-state index is 13.5. The van der Waals surface area contributed by atoms with Crippen LogP contribution in [-0.4, -0.2) is 28.0 Å². The second-order valence-electron chi connectivity index (χ2n) is 7.21. The summed E-state index contributed by atoms with van der Waals surface area (Å²) < 4.78 is 13.2. The Kier molecular flexibility index (Phi) is 7.28. The van der Waals surface area contributed by atoms with Gasteiger partial charge >= 0.3 is 0 Å². The van der Waals surface area contributed by atoms with Crippen LogP contribution in [0.25, 0.3) is 11.4 Å². The summed E-state index contributed by atoms with van der Waals surface area (Å²) in [4.78, 5) is 13.5. The standard InChI is InChI=1S/C25H21ClN4O4S/c1-3-34-19-12-8-16(9-13-19)27-28-22-23(31)29(17-10-14-18(33-2)15-11-17)25(35)30(24(22)32)21-7-5-4-6-20(21)26/h4-15,32H,3H2,1-2H3. The third-order valence-corrected chi connectivity index (χ3v) is 5.73. The molecule has 0 radical (unpaired) electrons. The number of aromatic nitrogens is 2. The van der Waals surface area contributed by atoms with Crippen LogP contribution < -0.4 is 15.0 Å². The van der Waals surface area contributed by atoms with Gasteiger partial charge in [0.1, 0.15) is 11.5 Å². The van der Waals surface area contributed by atoms with Crippen LogP contribution in [0.2, 0.25) is 5.02 Å². The van der Waals surface area contributed by atoms with Crippen molar-refractivity contribution in [3.05, 3.63) is 92.9 Å². The van der Waals surface area contributed by atoms with E-state index in [1.807, 2.05) is 6.92 Å². The number of para-hydroxylation sites is 1. The number of rotatable bonds is 7. The number of methoxy groups -OCH3 is 1. The van der Waals surface area contributed by atoms with Gasteiger partial charge in [0, 0.05) is 0 Å². The summed E-state index contributed by atoms with van der Waals surface area (Å²) in [5, 5.41) is 19.7. The molecule has 8 nitrogen and oxygen atoms in total. The summed E-state index contributed by atoms with van der Waals surface area (Å²) >= 11 is 12.0. The molecule has 3 aromatic carbocycles. The van der Waals surface area contributed by atoms with E-state index in [0.29, 0.717) is 40.2 Å². The minimum atomic E-state index is -0.643. The molecule has 0 aliphatic rings. The lowest BCUT2D eigenvalue weighted by Gasteiger charge is -2.17. The molecule has 0 atom stereocenters. The first-order valence-electron chi connectivity index (χ1n) is 10.6. The summed E-state index contributed by atoms with van der Waals surface area (Å²) in [7, 11) is 1.55. The Labute approximate surface area is 211 Å². The van der Waals surface area contributed by atoms with Gasteiger partial charge in [0.05, 0.1) is 35.8 Å². The number of nitrogens with zero attached hydrogens (tertiary/aromatic N) is 4. The first-order chi connectivity index (χ1) is 16.9. The van der Waals surface area contributed by atoms with Gasteiger partial charge in [-0.3, -0.25) is 13.9 Å². The number of hydrogen-bond donors (Lipinski definition) is 1. The predicted octanol–water partition coefficient (Wildman–Crippen LogP) is 6.54. The van der Waals surface area contributed by atoms with Crippen LogP contribution in [0.5, 0.6) is 17.4 Å². The molecule has 4 aromatic rings. The van der Waals surface area contributed by atoms with Gasteiger partial charge in [-0.1, -0.05) is 23.7 Å². The number of ether oxygens (including phenoxy) is 2. The zero-order chi connectivity index (χ0) is 24.9. The average molecular weight is 509 g/mol. The molecule has 0 aliphatic heterocycles. The number of halogens is 1. The highest BCUT2D eigenvalue weighted by atomic mass is 35.5. The number of hydrogen-bond acceptors (Lipinski definition) is 7. The summed E-state index contributed by atoms with van der Waals surface area (Å²) in [6.07, 6.45) is 0. The van der Waals surface area contributed by atoms with Crippen LogP contribution in [0, 0.1) is 4.77 Å². The molecule has 0 saturated carbocycles. The van der Waals surface area contributed by atoms with Gasteiger partial charge in [0.25, 0.3) is 5.56 Å². The fraction of sp³-hybridized carbons (Fsp3) is 0.120. The SMILES string of the molecule is CCOc1ccc(N=Nc2c(O)n(-c3ccccc3Cl)c(=S)n(-c3ccc(OC)cc3)c2=O)cc1. The molecule has 0 aliphatic carbocycles. The molecule has 1 heterocycles. The van der Waals surface area contributed by atoms with Crippen molar-refractivity contribution < 1.29 is 14.6 Å². The second kappa shape index (κ2) is 10.5. The first kappa shape index (κ1) is 24.2. The molecule has 10 heteroatoms. The van der Waals surface area contributed by atoms with E-state index in [9.17, 15) is 9.90 Å². The molecule has 0 saturated heterocycles. The van der Waals surface area contributed by atoms with E-state index in [1.54, 1.807) is 79.9 Å². The maximum Gasteiger partial charge on any atom is 0.290 e. The van der Waals surface area contributed by atoms with Gasteiger partial charge in [0.15, 0.2) is 4.77 Å². The Morgan fingerprint density at radius 3 is 2.23 bits per heavy atom. The van der Waals surface area contributed by atoms with Gasteiger partial charge in [-0.15, -0.1) is 5.11 Å². The van der Waals surface area contributed by atoms with E-state index >= 15 is 0 Å². The molecule has 1 aromatic heterocycles. The van der Waals surface area contributed by atoms with Crippen LogP contribution in [-0.2, 0) is 0 Å². The molecule has 0 bridgehead atoms. The van der Waals surface area contributed by atoms with E-state index in [-0.39, 0.29) is 10.5 Å². The Hall–Kier alpha value is -3.95. The molecule has 178 valence electrons. The zero-order valence-corrected chi connectivity index (χ0v) is 20.5. The van der Waals surface area contributed by atoms with E-state index in [4.69, 9.17) is 33.3 Å². The molecule has 0 unspecified atom stereocenters. The van der Waals surface area contributed by atoms with Crippen molar-refractivity contribution in [3.8, 4) is 28.8 Å². The van der Waals surface area contributed by atoms with Gasteiger partial charge in [0.2, 0.25) is 11.6 Å². The van der Waals surface area contributed by atoms with Gasteiger partial charge in [-0.2, -0.15) is 5.11 Å². The zero-order valence-electron chi connectivity index (χ0n) is 18.9. The largest absolute Gasteiger partial charge is 0.497 e. The maximum atomic E-state index is 13.5. The lowest BCUT2D eigenvalue weighted by atomic mass is 10.3. The van der Waals surface area contributed by atoms with Crippen molar-refractivity contribution >= 4 is 35.2 Å². The number of aromatic hydroxyl groups is 1. The Bertz CT molecular complexity index is 1500. The minimum absolute atomic E-state index is 0.00536. The molecule has 35 heavy (non-hydrogen) atoms. The van der Waals surface area contributed by atoms with Crippen LogP contribution in [0.15, 0.2) is 87.8 Å². The lowest BCUT2D eigenvalue weighted by Crippen LogP contribution is -2.23. The van der Waals surface area contributed by atoms with Gasteiger partial charge in [-0.25, -0.2) is 0 Å². The van der Waals surface area contributed by atoms with E-state index < -0.39 is 11.4 Å². The van der Waals surface area contributed by atoms with Crippen molar-refractivity contribution in [2.45, 2.75) is 6.92 Å². The van der Waals surface area contributed by atoms with E-state index in [0.717, 1.165) is 0 Å². The number of azo groups is 1. The summed E-state index contributed by atoms with van der Waals surface area (Å²) in [5.74, 6) is 0.816. The van der Waals surface area contributed by atoms with Crippen LogP contribution in [0.4, 0.5) is 11.4 Å². The Morgan fingerprint density at radius 2 is 1.60 bits per heavy atom. The Morgan fingerprint density at radius 1 is 0.943 bits per heavy atom. The summed E-state index contributed by atoms with van der Waals surface area (Å²) in [5.41, 5.74) is 0.365. The third kappa shape index (κ3) is 4.96. The highest BCUT2D eigenvalue weighted by Crippen LogP contribution is 2.32. The minimum Gasteiger partial charge on any atom is -0.497 e. The topological polar surface area (TPSA) is 90.3 Å². The molecule has 0 spiro atoms. The quantitative estimate of drug-likeness (QED) is 0.226. The van der Waals surface area contributed by atoms with E-state index in [1.165, 1.54) is 9.13 Å². The Balaban J connectivity index is 1.93. The van der Waals surface area contributed by atoms with Crippen molar-refractivity contribution in [2.75, 3.05) is 13.7 Å². The highest BCUT2D eigenvalue weighted by molar-refractivity contribution is 7.71. The summed E-state index contributed by atoms with van der Waals surface area (Å²) in [6, 6.07) is 20.4. The highest BCUT2D eigenvalue weighted by Gasteiger charge is 2.20. The summed E-state index contributed by atoms with van der Waals surface area (Å²) in [6.45, 7) is 2.43. The van der Waals surface area contributed by atoms with E-state index in [2.05, 4.69) is 10.2 Å². The van der Waals surface area contributed by atoms with Crippen molar-refractivity contribution in [3.63, 3.8) is 0 Å². The average Bonchev–Trinajstić information content (AvgIpc) is 2.86. The third-order valence-electron chi connectivity index (χ3n) is 5.05. The monoisotopic (exact) mass is 508 g/mol. The van der Waals surface area contributed by atoms with Crippen molar-refractivity contribution in [1.29, 1.82) is 0 Å². The van der Waals surface area contributed by atoms with Crippen molar-refractivity contribution in [2.24, 2.45) is 10.2 Å². The predicted molar refractivity (Wildman–Crippen MR) is 137 cm³/mol. The van der Waals surface area contributed by atoms with Crippen LogP contribution >= 0.6 is 23.8 Å². The van der Waals surface area contributed by atoms with Crippen LogP contribution in [0.1, 0.15) is 6.92 Å².